The van der Waals surface area contributed by atoms with Crippen LogP contribution in [0.3, 0.4) is 0 Å². The summed E-state index contributed by atoms with van der Waals surface area (Å²) in [6.07, 6.45) is 3.28. The Morgan fingerprint density at radius 2 is 2.38 bits per heavy atom. The fraction of sp³-hybridized carbons (Fsp3) is 0.455. The summed E-state index contributed by atoms with van der Waals surface area (Å²) in [6, 6.07) is 1.72. The van der Waals surface area contributed by atoms with E-state index in [1.807, 2.05) is 0 Å². The molecule has 0 spiro atoms. The van der Waals surface area contributed by atoms with E-state index in [-0.39, 0.29) is 12.5 Å². The molecule has 4 nitrogen and oxygen atoms in total. The van der Waals surface area contributed by atoms with E-state index >= 15 is 0 Å². The van der Waals surface area contributed by atoms with Crippen molar-refractivity contribution in [3.05, 3.63) is 23.1 Å². The average molecular weight is 240 g/mol. The number of aromatic nitrogens is 3. The van der Waals surface area contributed by atoms with Crippen LogP contribution in [0, 0.1) is 0 Å². The highest BCUT2D eigenvalue weighted by Crippen LogP contribution is 2.25. The van der Waals surface area contributed by atoms with Gasteiger partial charge < -0.3 is 10.1 Å². The van der Waals surface area contributed by atoms with Crippen LogP contribution < -0.4 is 0 Å². The molecule has 1 unspecified atom stereocenters. The molecule has 16 heavy (non-hydrogen) atoms. The molecule has 2 heterocycles. The van der Waals surface area contributed by atoms with E-state index in [0.29, 0.717) is 22.6 Å². The summed E-state index contributed by atoms with van der Waals surface area (Å²) >= 11 is 6.02. The van der Waals surface area contributed by atoms with Gasteiger partial charge in [-0.3, -0.25) is 0 Å². The fourth-order valence-corrected chi connectivity index (χ4v) is 1.97. The monoisotopic (exact) mass is 239 g/mol. The Kier molecular flexibility index (Phi) is 3.41. The van der Waals surface area contributed by atoms with Gasteiger partial charge in [0.05, 0.1) is 5.02 Å². The van der Waals surface area contributed by atoms with E-state index in [2.05, 4.69) is 21.9 Å². The maximum atomic E-state index is 8.98. The first-order chi connectivity index (χ1) is 7.76. The molecule has 2 aromatic heterocycles. The minimum absolute atomic E-state index is 0.163. The number of H-pyrrole nitrogens is 1. The van der Waals surface area contributed by atoms with Gasteiger partial charge in [-0.15, -0.1) is 0 Å². The predicted octanol–water partition coefficient (Wildman–Crippen LogP) is 2.49. The summed E-state index contributed by atoms with van der Waals surface area (Å²) in [7, 11) is 0. The zero-order valence-corrected chi connectivity index (χ0v) is 9.83. The topological polar surface area (TPSA) is 61.8 Å². The lowest BCUT2D eigenvalue weighted by Crippen LogP contribution is -2.02. The van der Waals surface area contributed by atoms with Crippen LogP contribution in [0.15, 0.2) is 12.3 Å². The summed E-state index contributed by atoms with van der Waals surface area (Å²) < 4.78 is 0. The number of nitrogens with one attached hydrogen (secondary N) is 1. The zero-order valence-electron chi connectivity index (χ0n) is 9.07. The van der Waals surface area contributed by atoms with Gasteiger partial charge in [-0.2, -0.15) is 0 Å². The molecular formula is C11H14ClN3O. The molecule has 0 fully saturated rings. The molecule has 0 amide bonds. The Bertz CT molecular complexity index is 483. The van der Waals surface area contributed by atoms with Crippen molar-refractivity contribution in [1.82, 2.24) is 15.0 Å². The Labute approximate surface area is 98.7 Å². The number of aliphatic hydroxyl groups is 1. The summed E-state index contributed by atoms with van der Waals surface area (Å²) in [4.78, 5) is 11.8. The lowest BCUT2D eigenvalue weighted by Gasteiger charge is -2.08. The Morgan fingerprint density at radius 1 is 1.56 bits per heavy atom. The second-order valence-electron chi connectivity index (χ2n) is 3.73. The van der Waals surface area contributed by atoms with Crippen molar-refractivity contribution in [2.24, 2.45) is 0 Å². The van der Waals surface area contributed by atoms with Crippen LogP contribution in [0.1, 0.15) is 31.5 Å². The van der Waals surface area contributed by atoms with Crippen LogP contribution in [0.4, 0.5) is 0 Å². The first-order valence-electron chi connectivity index (χ1n) is 5.37. The molecule has 1 atom stereocenters. The average Bonchev–Trinajstić information content (AvgIpc) is 2.71. The van der Waals surface area contributed by atoms with Crippen molar-refractivity contribution in [3.8, 4) is 0 Å². The van der Waals surface area contributed by atoms with Crippen LogP contribution in [-0.2, 0) is 0 Å². The van der Waals surface area contributed by atoms with Gasteiger partial charge in [0.1, 0.15) is 11.3 Å². The number of pyridine rings is 1. The molecule has 86 valence electrons. The SMILES string of the molecule is CCC(CCO)c1nc2c(Cl)ccnc2[nH]1. The molecule has 5 heteroatoms. The third kappa shape index (κ3) is 2.03. The van der Waals surface area contributed by atoms with Gasteiger partial charge in [-0.25, -0.2) is 9.97 Å². The number of aliphatic hydroxyl groups excluding tert-OH is 1. The Hall–Kier alpha value is -1.13. The molecule has 0 aliphatic rings. The maximum absolute atomic E-state index is 8.98. The van der Waals surface area contributed by atoms with Gasteiger partial charge in [-0.1, -0.05) is 18.5 Å². The molecule has 0 radical (unpaired) electrons. The lowest BCUT2D eigenvalue weighted by atomic mass is 10.0. The zero-order chi connectivity index (χ0) is 11.5. The molecule has 0 aromatic carbocycles. The van der Waals surface area contributed by atoms with Gasteiger partial charge in [0, 0.05) is 18.7 Å². The van der Waals surface area contributed by atoms with Crippen molar-refractivity contribution >= 4 is 22.8 Å². The van der Waals surface area contributed by atoms with E-state index in [9.17, 15) is 0 Å². The summed E-state index contributed by atoms with van der Waals surface area (Å²) in [6.45, 7) is 2.24. The van der Waals surface area contributed by atoms with E-state index in [1.54, 1.807) is 12.3 Å². The number of imidazole rings is 1. The second-order valence-corrected chi connectivity index (χ2v) is 4.14. The molecule has 0 aliphatic heterocycles. The fourth-order valence-electron chi connectivity index (χ4n) is 1.78. The molecule has 0 bridgehead atoms. The van der Waals surface area contributed by atoms with Gasteiger partial charge in [0.15, 0.2) is 5.65 Å². The van der Waals surface area contributed by atoms with Crippen molar-refractivity contribution in [1.29, 1.82) is 0 Å². The van der Waals surface area contributed by atoms with Crippen LogP contribution >= 0.6 is 11.6 Å². The van der Waals surface area contributed by atoms with Crippen LogP contribution in [0.25, 0.3) is 11.2 Å². The lowest BCUT2D eigenvalue weighted by molar-refractivity contribution is 0.272. The van der Waals surface area contributed by atoms with Gasteiger partial charge in [0.25, 0.3) is 0 Å². The summed E-state index contributed by atoms with van der Waals surface area (Å²) in [5.41, 5.74) is 1.41. The minimum atomic E-state index is 0.163. The van der Waals surface area contributed by atoms with E-state index in [4.69, 9.17) is 16.7 Å². The number of nitrogens with zero attached hydrogens (tertiary/aromatic N) is 2. The second kappa shape index (κ2) is 4.80. The minimum Gasteiger partial charge on any atom is -0.396 e. The highest BCUT2D eigenvalue weighted by atomic mass is 35.5. The smallest absolute Gasteiger partial charge is 0.158 e. The van der Waals surface area contributed by atoms with Crippen molar-refractivity contribution in [2.75, 3.05) is 6.61 Å². The predicted molar refractivity (Wildman–Crippen MR) is 63.6 cm³/mol. The first-order valence-corrected chi connectivity index (χ1v) is 5.75. The van der Waals surface area contributed by atoms with Gasteiger partial charge in [0.2, 0.25) is 0 Å². The van der Waals surface area contributed by atoms with E-state index in [0.717, 1.165) is 12.2 Å². The quantitative estimate of drug-likeness (QED) is 0.862. The van der Waals surface area contributed by atoms with Crippen molar-refractivity contribution < 1.29 is 5.11 Å². The van der Waals surface area contributed by atoms with E-state index < -0.39 is 0 Å². The van der Waals surface area contributed by atoms with Crippen LogP contribution in [0.5, 0.6) is 0 Å². The Balaban J connectivity index is 2.42. The summed E-state index contributed by atoms with van der Waals surface area (Å²) in [5, 5.41) is 9.58. The van der Waals surface area contributed by atoms with Gasteiger partial charge >= 0.3 is 0 Å². The van der Waals surface area contributed by atoms with Crippen LogP contribution in [0.2, 0.25) is 5.02 Å². The number of hydrogen-bond acceptors (Lipinski definition) is 3. The van der Waals surface area contributed by atoms with Crippen LogP contribution in [-0.4, -0.2) is 26.7 Å². The van der Waals surface area contributed by atoms with E-state index in [1.165, 1.54) is 0 Å². The third-order valence-electron chi connectivity index (χ3n) is 2.71. The Morgan fingerprint density at radius 3 is 3.00 bits per heavy atom. The molecular weight excluding hydrogens is 226 g/mol. The summed E-state index contributed by atoms with van der Waals surface area (Å²) in [5.74, 6) is 1.09. The van der Waals surface area contributed by atoms with Crippen molar-refractivity contribution in [3.63, 3.8) is 0 Å². The number of aromatic amines is 1. The molecule has 2 N–H and O–H groups in total. The standard InChI is InChI=1S/C11H14ClN3O/c1-2-7(4-6-16)10-14-9-8(12)3-5-13-11(9)15-10/h3,5,7,16H,2,4,6H2,1H3,(H,13,14,15). The highest BCUT2D eigenvalue weighted by Gasteiger charge is 2.15. The molecule has 0 saturated carbocycles. The normalized spacial score (nSPS) is 13.2. The number of halogens is 1. The molecule has 0 aliphatic carbocycles. The highest BCUT2D eigenvalue weighted by molar-refractivity contribution is 6.34. The van der Waals surface area contributed by atoms with Crippen molar-refractivity contribution in [2.45, 2.75) is 25.7 Å². The third-order valence-corrected chi connectivity index (χ3v) is 3.02. The molecule has 2 rings (SSSR count). The van der Waals surface area contributed by atoms with Gasteiger partial charge in [-0.05, 0) is 18.9 Å². The number of hydrogen-bond donors (Lipinski definition) is 2. The number of rotatable bonds is 4. The molecule has 0 saturated heterocycles. The molecule has 2 aromatic rings. The first kappa shape index (κ1) is 11.4. The maximum Gasteiger partial charge on any atom is 0.158 e. The largest absolute Gasteiger partial charge is 0.396 e. The number of fused-ring (bicyclic) bond motifs is 1.